The summed E-state index contributed by atoms with van der Waals surface area (Å²) in [5.41, 5.74) is 1.29. The van der Waals surface area contributed by atoms with Crippen LogP contribution in [-0.2, 0) is 16.0 Å². The molecular weight excluding hydrogens is 354 g/mol. The van der Waals surface area contributed by atoms with Gasteiger partial charge in [-0.25, -0.2) is 0 Å². The Morgan fingerprint density at radius 1 is 1.14 bits per heavy atom. The molecular formula is C22H35N3O3. The first-order chi connectivity index (χ1) is 13.9. The van der Waals surface area contributed by atoms with E-state index in [9.17, 15) is 0 Å². The van der Waals surface area contributed by atoms with Crippen LogP contribution < -0.4 is 15.4 Å². The molecule has 2 N–H and O–H groups in total. The molecule has 3 aliphatic rings. The number of rotatable bonds is 8. The molecule has 0 aromatic heterocycles. The van der Waals surface area contributed by atoms with Gasteiger partial charge in [-0.3, -0.25) is 4.90 Å². The lowest BCUT2D eigenvalue weighted by atomic mass is 9.94. The lowest BCUT2D eigenvalue weighted by Crippen LogP contribution is -2.50. The van der Waals surface area contributed by atoms with Crippen LogP contribution in [0.15, 0.2) is 24.3 Å². The molecule has 1 aromatic carbocycles. The van der Waals surface area contributed by atoms with Crippen LogP contribution in [0.1, 0.15) is 24.8 Å². The van der Waals surface area contributed by atoms with Crippen LogP contribution in [0.3, 0.4) is 0 Å². The van der Waals surface area contributed by atoms with Crippen LogP contribution in [0, 0.1) is 5.92 Å². The Kier molecular flexibility index (Phi) is 7.58. The molecule has 4 rings (SSSR count). The highest BCUT2D eigenvalue weighted by Crippen LogP contribution is 2.29. The van der Waals surface area contributed by atoms with Crippen LogP contribution in [0.2, 0.25) is 0 Å². The Balaban J connectivity index is 1.22. The maximum atomic E-state index is 6.00. The molecule has 2 aliphatic heterocycles. The summed E-state index contributed by atoms with van der Waals surface area (Å²) in [6.45, 7) is 8.98. The normalized spacial score (nSPS) is 29.1. The van der Waals surface area contributed by atoms with Crippen molar-refractivity contribution in [3.63, 3.8) is 0 Å². The first-order valence-electron chi connectivity index (χ1n) is 10.9. The molecule has 1 saturated carbocycles. The Morgan fingerprint density at radius 2 is 2.07 bits per heavy atom. The highest BCUT2D eigenvalue weighted by Gasteiger charge is 2.34. The van der Waals surface area contributed by atoms with Crippen LogP contribution in [-0.4, -0.2) is 76.2 Å². The monoisotopic (exact) mass is 389 g/mol. The highest BCUT2D eigenvalue weighted by atomic mass is 16.5. The van der Waals surface area contributed by atoms with Crippen molar-refractivity contribution in [2.75, 3.05) is 59.2 Å². The van der Waals surface area contributed by atoms with Crippen molar-refractivity contribution < 1.29 is 14.2 Å². The Bertz CT molecular complexity index is 588. The van der Waals surface area contributed by atoms with Crippen molar-refractivity contribution >= 4 is 0 Å². The van der Waals surface area contributed by atoms with E-state index >= 15 is 0 Å². The first kappa shape index (κ1) is 20.1. The lowest BCUT2D eigenvalue weighted by Gasteiger charge is -2.33. The smallest absolute Gasteiger partial charge is 0.119 e. The molecule has 156 valence electrons. The zero-order chi connectivity index (χ0) is 19.0. The molecule has 3 fully saturated rings. The molecule has 3 unspecified atom stereocenters. The summed E-state index contributed by atoms with van der Waals surface area (Å²) in [6, 6.07) is 9.61. The van der Waals surface area contributed by atoms with Gasteiger partial charge in [-0.2, -0.15) is 0 Å². The third-order valence-electron chi connectivity index (χ3n) is 6.28. The van der Waals surface area contributed by atoms with Gasteiger partial charge in [0.2, 0.25) is 0 Å². The molecule has 0 amide bonds. The van der Waals surface area contributed by atoms with E-state index in [2.05, 4.69) is 39.8 Å². The van der Waals surface area contributed by atoms with Crippen molar-refractivity contribution in [2.24, 2.45) is 5.92 Å². The summed E-state index contributed by atoms with van der Waals surface area (Å²) in [6.07, 6.45) is 3.87. The Labute approximate surface area is 168 Å². The minimum absolute atomic E-state index is 0.503. The van der Waals surface area contributed by atoms with E-state index < -0.39 is 0 Å². The molecule has 2 saturated heterocycles. The van der Waals surface area contributed by atoms with E-state index in [4.69, 9.17) is 14.2 Å². The summed E-state index contributed by atoms with van der Waals surface area (Å²) in [5, 5.41) is 7.46. The van der Waals surface area contributed by atoms with Crippen molar-refractivity contribution in [1.82, 2.24) is 15.5 Å². The van der Waals surface area contributed by atoms with Crippen LogP contribution in [0.4, 0.5) is 0 Å². The van der Waals surface area contributed by atoms with Gasteiger partial charge < -0.3 is 24.8 Å². The van der Waals surface area contributed by atoms with Gasteiger partial charge in [0, 0.05) is 44.8 Å². The second-order valence-corrected chi connectivity index (χ2v) is 8.17. The lowest BCUT2D eigenvalue weighted by molar-refractivity contribution is 0.0322. The van der Waals surface area contributed by atoms with E-state index in [1.165, 1.54) is 24.8 Å². The van der Waals surface area contributed by atoms with Crippen molar-refractivity contribution in [3.8, 4) is 5.75 Å². The van der Waals surface area contributed by atoms with Gasteiger partial charge in [0.05, 0.1) is 26.4 Å². The van der Waals surface area contributed by atoms with Crippen molar-refractivity contribution in [2.45, 2.75) is 37.9 Å². The van der Waals surface area contributed by atoms with Crippen LogP contribution in [0.25, 0.3) is 0 Å². The second kappa shape index (κ2) is 10.6. The molecule has 0 spiro atoms. The standard InChI is InChI=1S/C22H35N3O3/c1-3-18(15-19(4-1)28-14-10-25-8-12-26-13-9-25)16-24-21-6-2-5-20(21)22-17-27-11-7-23-22/h1,3-4,15,20-24H,2,5-14,16-17H2. The zero-order valence-corrected chi connectivity index (χ0v) is 16.9. The quantitative estimate of drug-likeness (QED) is 0.705. The van der Waals surface area contributed by atoms with E-state index in [1.807, 2.05) is 0 Å². The number of hydrogen-bond donors (Lipinski definition) is 2. The van der Waals surface area contributed by atoms with Gasteiger partial charge in [0.25, 0.3) is 0 Å². The molecule has 1 aliphatic carbocycles. The molecule has 28 heavy (non-hydrogen) atoms. The number of nitrogens with one attached hydrogen (secondary N) is 2. The molecule has 0 radical (unpaired) electrons. The molecule has 3 atom stereocenters. The molecule has 1 aromatic rings. The number of nitrogens with zero attached hydrogens (tertiary/aromatic N) is 1. The van der Waals surface area contributed by atoms with E-state index in [0.29, 0.717) is 18.0 Å². The average Bonchev–Trinajstić information content (AvgIpc) is 3.23. The number of ether oxygens (including phenoxy) is 3. The maximum Gasteiger partial charge on any atom is 0.119 e. The second-order valence-electron chi connectivity index (χ2n) is 8.17. The molecule has 2 heterocycles. The zero-order valence-electron chi connectivity index (χ0n) is 16.9. The summed E-state index contributed by atoms with van der Waals surface area (Å²) in [5.74, 6) is 1.64. The summed E-state index contributed by atoms with van der Waals surface area (Å²) in [7, 11) is 0. The van der Waals surface area contributed by atoms with Crippen molar-refractivity contribution in [3.05, 3.63) is 29.8 Å². The topological polar surface area (TPSA) is 55.0 Å². The van der Waals surface area contributed by atoms with E-state index in [-0.39, 0.29) is 0 Å². The fourth-order valence-corrected chi connectivity index (χ4v) is 4.70. The SMILES string of the molecule is c1cc(CNC2CCCC2C2COCCN2)cc(OCCN2CCOCC2)c1. The van der Waals surface area contributed by atoms with Gasteiger partial charge >= 0.3 is 0 Å². The highest BCUT2D eigenvalue weighted by molar-refractivity contribution is 5.28. The van der Waals surface area contributed by atoms with E-state index in [1.54, 1.807) is 0 Å². The predicted octanol–water partition coefficient (Wildman–Crippen LogP) is 1.64. The minimum atomic E-state index is 0.503. The van der Waals surface area contributed by atoms with Gasteiger partial charge in [-0.05, 0) is 36.5 Å². The minimum Gasteiger partial charge on any atom is -0.492 e. The number of benzene rings is 1. The van der Waals surface area contributed by atoms with Gasteiger partial charge in [0.15, 0.2) is 0 Å². The summed E-state index contributed by atoms with van der Waals surface area (Å²) in [4.78, 5) is 2.40. The van der Waals surface area contributed by atoms with Gasteiger partial charge in [-0.1, -0.05) is 18.6 Å². The third kappa shape index (κ3) is 5.67. The Hall–Kier alpha value is -1.18. The molecule has 6 heteroatoms. The average molecular weight is 390 g/mol. The third-order valence-corrected chi connectivity index (χ3v) is 6.28. The van der Waals surface area contributed by atoms with Gasteiger partial charge in [0.1, 0.15) is 12.4 Å². The maximum absolute atomic E-state index is 6.00. The molecule has 6 nitrogen and oxygen atoms in total. The predicted molar refractivity (Wildman–Crippen MR) is 110 cm³/mol. The summed E-state index contributed by atoms with van der Waals surface area (Å²) < 4.78 is 17.1. The molecule has 0 bridgehead atoms. The first-order valence-corrected chi connectivity index (χ1v) is 10.9. The fourth-order valence-electron chi connectivity index (χ4n) is 4.70. The Morgan fingerprint density at radius 3 is 2.93 bits per heavy atom. The van der Waals surface area contributed by atoms with Crippen LogP contribution in [0.5, 0.6) is 5.75 Å². The van der Waals surface area contributed by atoms with E-state index in [0.717, 1.165) is 71.5 Å². The number of hydrogen-bond acceptors (Lipinski definition) is 6. The largest absolute Gasteiger partial charge is 0.492 e. The van der Waals surface area contributed by atoms with Crippen LogP contribution >= 0.6 is 0 Å². The summed E-state index contributed by atoms with van der Waals surface area (Å²) >= 11 is 0. The number of morpholine rings is 2. The van der Waals surface area contributed by atoms with Crippen molar-refractivity contribution in [1.29, 1.82) is 0 Å². The fraction of sp³-hybridized carbons (Fsp3) is 0.727. The van der Waals surface area contributed by atoms with Gasteiger partial charge in [-0.15, -0.1) is 0 Å².